The maximum absolute atomic E-state index is 12.9. The zero-order valence-electron chi connectivity index (χ0n) is 14.5. The van der Waals surface area contributed by atoms with Gasteiger partial charge in [0.15, 0.2) is 0 Å². The molecule has 0 fully saturated rings. The van der Waals surface area contributed by atoms with E-state index in [0.717, 1.165) is 0 Å². The van der Waals surface area contributed by atoms with Crippen molar-refractivity contribution in [3.8, 4) is 5.75 Å². The lowest BCUT2D eigenvalue weighted by molar-refractivity contribution is 0.101. The van der Waals surface area contributed by atoms with Crippen LogP contribution < -0.4 is 15.4 Å². The zero-order valence-corrected chi connectivity index (χ0v) is 14.5. The van der Waals surface area contributed by atoms with Crippen LogP contribution in [0, 0.1) is 5.82 Å². The van der Waals surface area contributed by atoms with E-state index in [0.29, 0.717) is 28.3 Å². The van der Waals surface area contributed by atoms with Crippen molar-refractivity contribution in [3.05, 3.63) is 89.7 Å². The van der Waals surface area contributed by atoms with Crippen LogP contribution in [0.2, 0.25) is 0 Å². The Bertz CT molecular complexity index is 954. The molecule has 0 aliphatic heterocycles. The quantitative estimate of drug-likeness (QED) is 0.708. The fourth-order valence-corrected chi connectivity index (χ4v) is 2.45. The molecule has 0 radical (unpaired) electrons. The van der Waals surface area contributed by atoms with Gasteiger partial charge in [-0.1, -0.05) is 12.1 Å². The van der Waals surface area contributed by atoms with Crippen molar-refractivity contribution in [2.75, 3.05) is 17.7 Å². The zero-order chi connectivity index (χ0) is 19.2. The number of benzene rings is 3. The number of para-hydroxylation sites is 2. The van der Waals surface area contributed by atoms with Crippen molar-refractivity contribution in [2.24, 2.45) is 0 Å². The summed E-state index contributed by atoms with van der Waals surface area (Å²) >= 11 is 0. The van der Waals surface area contributed by atoms with E-state index in [1.165, 1.54) is 31.4 Å². The van der Waals surface area contributed by atoms with E-state index in [-0.39, 0.29) is 11.8 Å². The highest BCUT2D eigenvalue weighted by Crippen LogP contribution is 2.24. The van der Waals surface area contributed by atoms with Gasteiger partial charge in [0, 0.05) is 16.8 Å². The molecule has 0 atom stereocenters. The minimum Gasteiger partial charge on any atom is -0.495 e. The summed E-state index contributed by atoms with van der Waals surface area (Å²) in [4.78, 5) is 24.5. The Balaban J connectivity index is 1.66. The largest absolute Gasteiger partial charge is 0.495 e. The van der Waals surface area contributed by atoms with Gasteiger partial charge in [-0.25, -0.2) is 4.39 Å². The van der Waals surface area contributed by atoms with Crippen LogP contribution in [0.25, 0.3) is 0 Å². The minimum atomic E-state index is -0.406. The summed E-state index contributed by atoms with van der Waals surface area (Å²) in [5.41, 5.74) is 1.87. The third-order valence-corrected chi connectivity index (χ3v) is 3.87. The molecule has 0 spiro atoms. The van der Waals surface area contributed by atoms with Crippen LogP contribution in [-0.4, -0.2) is 18.9 Å². The van der Waals surface area contributed by atoms with Crippen LogP contribution in [0.3, 0.4) is 0 Å². The van der Waals surface area contributed by atoms with Crippen LogP contribution in [0.1, 0.15) is 20.7 Å². The van der Waals surface area contributed by atoms with Gasteiger partial charge >= 0.3 is 0 Å². The fraction of sp³-hybridized carbons (Fsp3) is 0.0476. The number of nitrogens with one attached hydrogen (secondary N) is 2. The van der Waals surface area contributed by atoms with Crippen LogP contribution in [-0.2, 0) is 0 Å². The number of hydrogen-bond donors (Lipinski definition) is 2. The Morgan fingerprint density at radius 1 is 0.778 bits per heavy atom. The lowest BCUT2D eigenvalue weighted by atomic mass is 10.1. The first-order valence-electron chi connectivity index (χ1n) is 8.18. The van der Waals surface area contributed by atoms with Gasteiger partial charge in [0.05, 0.1) is 12.8 Å². The molecule has 0 aromatic heterocycles. The maximum Gasteiger partial charge on any atom is 0.255 e. The third kappa shape index (κ3) is 4.49. The first-order valence-corrected chi connectivity index (χ1v) is 8.18. The number of amides is 2. The highest BCUT2D eigenvalue weighted by atomic mass is 19.1. The van der Waals surface area contributed by atoms with Crippen molar-refractivity contribution in [1.29, 1.82) is 0 Å². The molecule has 3 aromatic rings. The number of halogens is 1. The van der Waals surface area contributed by atoms with E-state index < -0.39 is 5.82 Å². The summed E-state index contributed by atoms with van der Waals surface area (Å²) in [6.07, 6.45) is 0. The molecule has 2 N–H and O–H groups in total. The topological polar surface area (TPSA) is 67.4 Å². The smallest absolute Gasteiger partial charge is 0.255 e. The van der Waals surface area contributed by atoms with E-state index in [1.807, 2.05) is 6.07 Å². The monoisotopic (exact) mass is 364 g/mol. The molecule has 3 rings (SSSR count). The van der Waals surface area contributed by atoms with Gasteiger partial charge in [-0.2, -0.15) is 0 Å². The van der Waals surface area contributed by atoms with Gasteiger partial charge in [-0.3, -0.25) is 9.59 Å². The number of carbonyl (C=O) groups excluding carboxylic acids is 2. The molecule has 3 aromatic carbocycles. The number of hydrogen-bond acceptors (Lipinski definition) is 3. The van der Waals surface area contributed by atoms with Gasteiger partial charge in [-0.15, -0.1) is 0 Å². The Hall–Kier alpha value is -3.67. The van der Waals surface area contributed by atoms with Crippen molar-refractivity contribution >= 4 is 23.2 Å². The molecule has 0 aliphatic rings. The van der Waals surface area contributed by atoms with Crippen LogP contribution in [0.5, 0.6) is 5.75 Å². The number of anilines is 2. The first-order chi connectivity index (χ1) is 13.1. The van der Waals surface area contributed by atoms with E-state index in [9.17, 15) is 14.0 Å². The molecule has 6 heteroatoms. The SMILES string of the molecule is COc1ccccc1NC(=O)c1ccc(NC(=O)c2ccc(F)cc2)cc1. The molecule has 0 heterocycles. The summed E-state index contributed by atoms with van der Waals surface area (Å²) in [7, 11) is 1.53. The Labute approximate surface area is 155 Å². The van der Waals surface area contributed by atoms with Gasteiger partial charge < -0.3 is 15.4 Å². The van der Waals surface area contributed by atoms with E-state index in [2.05, 4.69) is 10.6 Å². The molecule has 136 valence electrons. The molecule has 0 bridgehead atoms. The lowest BCUT2D eigenvalue weighted by Gasteiger charge is -2.10. The first kappa shape index (κ1) is 18.1. The Kier molecular flexibility index (Phi) is 5.47. The molecule has 0 unspecified atom stereocenters. The molecule has 27 heavy (non-hydrogen) atoms. The predicted molar refractivity (Wildman–Crippen MR) is 102 cm³/mol. The van der Waals surface area contributed by atoms with Crippen LogP contribution in [0.15, 0.2) is 72.8 Å². The summed E-state index contributed by atoms with van der Waals surface area (Å²) in [6.45, 7) is 0. The van der Waals surface area contributed by atoms with Crippen LogP contribution in [0.4, 0.5) is 15.8 Å². The van der Waals surface area contributed by atoms with Crippen molar-refractivity contribution in [2.45, 2.75) is 0 Å². The van der Waals surface area contributed by atoms with Crippen molar-refractivity contribution in [1.82, 2.24) is 0 Å². The van der Waals surface area contributed by atoms with Gasteiger partial charge in [-0.05, 0) is 60.7 Å². The number of rotatable bonds is 5. The molecule has 0 saturated heterocycles. The summed E-state index contributed by atoms with van der Waals surface area (Å²) in [5.74, 6) is -0.497. The Morgan fingerprint density at radius 2 is 1.33 bits per heavy atom. The van der Waals surface area contributed by atoms with E-state index in [1.54, 1.807) is 42.5 Å². The van der Waals surface area contributed by atoms with Gasteiger partial charge in [0.25, 0.3) is 11.8 Å². The maximum atomic E-state index is 12.9. The summed E-state index contributed by atoms with van der Waals surface area (Å²) < 4.78 is 18.1. The average Bonchev–Trinajstić information content (AvgIpc) is 2.69. The average molecular weight is 364 g/mol. The highest BCUT2D eigenvalue weighted by molar-refractivity contribution is 6.06. The lowest BCUT2D eigenvalue weighted by Crippen LogP contribution is -2.14. The number of ether oxygens (including phenoxy) is 1. The van der Waals surface area contributed by atoms with Crippen molar-refractivity contribution in [3.63, 3.8) is 0 Å². The van der Waals surface area contributed by atoms with Crippen LogP contribution >= 0.6 is 0 Å². The Morgan fingerprint density at radius 3 is 1.96 bits per heavy atom. The van der Waals surface area contributed by atoms with E-state index in [4.69, 9.17) is 4.74 Å². The van der Waals surface area contributed by atoms with Gasteiger partial charge in [0.2, 0.25) is 0 Å². The van der Waals surface area contributed by atoms with Crippen molar-refractivity contribution < 1.29 is 18.7 Å². The standard InChI is InChI=1S/C21H17FN2O3/c1-27-19-5-3-2-4-18(19)24-21(26)15-8-12-17(13-9-15)23-20(25)14-6-10-16(22)11-7-14/h2-13H,1H3,(H,23,25)(H,24,26). The second-order valence-corrected chi connectivity index (χ2v) is 5.69. The molecular formula is C21H17FN2O3. The molecule has 0 aliphatic carbocycles. The van der Waals surface area contributed by atoms with E-state index >= 15 is 0 Å². The second kappa shape index (κ2) is 8.14. The summed E-state index contributed by atoms with van der Waals surface area (Å²) in [6, 6.07) is 18.8. The summed E-state index contributed by atoms with van der Waals surface area (Å²) in [5, 5.41) is 5.48. The third-order valence-electron chi connectivity index (χ3n) is 3.87. The minimum absolute atomic E-state index is 0.295. The molecular weight excluding hydrogens is 347 g/mol. The predicted octanol–water partition coefficient (Wildman–Crippen LogP) is 4.34. The normalized spacial score (nSPS) is 10.1. The molecule has 0 saturated carbocycles. The molecule has 5 nitrogen and oxygen atoms in total. The fourth-order valence-electron chi connectivity index (χ4n) is 2.45. The molecule has 2 amide bonds. The second-order valence-electron chi connectivity index (χ2n) is 5.69. The number of carbonyl (C=O) groups is 2. The van der Waals surface area contributed by atoms with Gasteiger partial charge in [0.1, 0.15) is 11.6 Å². The highest BCUT2D eigenvalue weighted by Gasteiger charge is 2.10. The number of methoxy groups -OCH3 is 1.